The van der Waals surface area contributed by atoms with Gasteiger partial charge in [-0.1, -0.05) is 13.3 Å². The van der Waals surface area contributed by atoms with Crippen LogP contribution in [-0.2, 0) is 19.1 Å². The minimum atomic E-state index is -1.20. The van der Waals surface area contributed by atoms with Crippen LogP contribution in [0.5, 0.6) is 0 Å². The number of nitrogens with zero attached hydrogens (tertiary/aromatic N) is 1. The third-order valence-corrected chi connectivity index (χ3v) is 3.81. The normalized spacial score (nSPS) is 19.3. The van der Waals surface area contributed by atoms with Gasteiger partial charge < -0.3 is 9.64 Å². The number of hydrogen-bond donors (Lipinski definition) is 0. The first kappa shape index (κ1) is 16.7. The number of amides is 1. The van der Waals surface area contributed by atoms with Gasteiger partial charge in [0.25, 0.3) is 0 Å². The molecule has 0 radical (unpaired) electrons. The fourth-order valence-corrected chi connectivity index (χ4v) is 2.40. The quantitative estimate of drug-likeness (QED) is 0.528. The van der Waals surface area contributed by atoms with Gasteiger partial charge in [0.15, 0.2) is 5.78 Å². The molecule has 5 heteroatoms. The molecule has 0 bridgehead atoms. The topological polar surface area (TPSA) is 63.7 Å². The first-order valence-electron chi connectivity index (χ1n) is 7.31. The molecular formula is C15H25NO4. The Morgan fingerprint density at radius 2 is 2.00 bits per heavy atom. The summed E-state index contributed by atoms with van der Waals surface area (Å²) >= 11 is 0. The molecule has 114 valence electrons. The molecule has 0 spiro atoms. The van der Waals surface area contributed by atoms with Crippen LogP contribution in [0.3, 0.4) is 0 Å². The summed E-state index contributed by atoms with van der Waals surface area (Å²) in [5.74, 6) is -0.439. The van der Waals surface area contributed by atoms with Crippen LogP contribution >= 0.6 is 0 Å². The predicted octanol–water partition coefficient (Wildman–Crippen LogP) is 1.79. The zero-order valence-corrected chi connectivity index (χ0v) is 12.9. The number of rotatable bonds is 7. The number of ether oxygens (including phenoxy) is 1. The van der Waals surface area contributed by atoms with Crippen LogP contribution in [0.2, 0.25) is 0 Å². The summed E-state index contributed by atoms with van der Waals surface area (Å²) in [4.78, 5) is 37.5. The molecule has 1 rings (SSSR count). The van der Waals surface area contributed by atoms with Crippen molar-refractivity contribution < 1.29 is 19.1 Å². The summed E-state index contributed by atoms with van der Waals surface area (Å²) in [6, 6.07) is 0. The highest BCUT2D eigenvalue weighted by molar-refractivity contribution is 6.04. The lowest BCUT2D eigenvalue weighted by atomic mass is 9.88. The molecule has 0 N–H and O–H groups in total. The Hall–Kier alpha value is -1.39. The molecule has 0 aromatic carbocycles. The Morgan fingerprint density at radius 3 is 2.55 bits per heavy atom. The maximum Gasteiger partial charge on any atom is 0.319 e. The van der Waals surface area contributed by atoms with Gasteiger partial charge in [-0.2, -0.15) is 0 Å². The first-order chi connectivity index (χ1) is 9.32. The van der Waals surface area contributed by atoms with Crippen molar-refractivity contribution in [1.29, 1.82) is 0 Å². The average molecular weight is 283 g/mol. The number of likely N-dealkylation sites (tertiary alicyclic amines) is 1. The summed E-state index contributed by atoms with van der Waals surface area (Å²) in [5.41, 5.74) is -1.20. The molecule has 1 amide bonds. The molecule has 0 aliphatic carbocycles. The van der Waals surface area contributed by atoms with Crippen LogP contribution in [-0.4, -0.2) is 42.3 Å². The summed E-state index contributed by atoms with van der Waals surface area (Å²) in [6.45, 7) is 7.77. The fraction of sp³-hybridized carbons (Fsp3) is 0.800. The maximum absolute atomic E-state index is 12.3. The van der Waals surface area contributed by atoms with Crippen molar-refractivity contribution >= 4 is 17.7 Å². The molecule has 1 atom stereocenters. The van der Waals surface area contributed by atoms with E-state index in [1.165, 1.54) is 0 Å². The van der Waals surface area contributed by atoms with E-state index < -0.39 is 11.4 Å². The largest absolute Gasteiger partial charge is 0.465 e. The van der Waals surface area contributed by atoms with Gasteiger partial charge in [0, 0.05) is 13.0 Å². The maximum atomic E-state index is 12.3. The van der Waals surface area contributed by atoms with Crippen molar-refractivity contribution in [2.24, 2.45) is 11.3 Å². The molecule has 1 unspecified atom stereocenters. The van der Waals surface area contributed by atoms with Gasteiger partial charge in [-0.3, -0.25) is 14.4 Å². The van der Waals surface area contributed by atoms with E-state index in [2.05, 4.69) is 6.92 Å². The molecule has 1 aliphatic rings. The molecule has 1 heterocycles. The minimum absolute atomic E-state index is 0.00482. The first-order valence-corrected chi connectivity index (χ1v) is 7.31. The molecule has 5 nitrogen and oxygen atoms in total. The number of carbonyl (C=O) groups is 3. The second kappa shape index (κ2) is 6.86. The lowest BCUT2D eigenvalue weighted by molar-refractivity contribution is -0.158. The number of Topliss-reactive ketones (excluding diaryl/α,β-unsaturated/α-hetero) is 1. The van der Waals surface area contributed by atoms with E-state index in [1.54, 1.807) is 25.7 Å². The lowest BCUT2D eigenvalue weighted by Crippen LogP contribution is -2.42. The van der Waals surface area contributed by atoms with Crippen molar-refractivity contribution in [2.75, 3.05) is 19.7 Å². The number of hydrogen-bond acceptors (Lipinski definition) is 4. The number of carbonyl (C=O) groups excluding carboxylic acids is 3. The highest BCUT2D eigenvalue weighted by atomic mass is 16.5. The minimum Gasteiger partial charge on any atom is -0.465 e. The molecule has 1 fully saturated rings. The summed E-state index contributed by atoms with van der Waals surface area (Å²) in [5, 5.41) is 0. The van der Waals surface area contributed by atoms with Crippen molar-refractivity contribution in [1.82, 2.24) is 4.90 Å². The smallest absolute Gasteiger partial charge is 0.319 e. The zero-order valence-electron chi connectivity index (χ0n) is 12.9. The molecule has 0 saturated carbocycles. The van der Waals surface area contributed by atoms with E-state index in [1.807, 2.05) is 0 Å². The third kappa shape index (κ3) is 3.81. The Labute approximate surface area is 120 Å². The van der Waals surface area contributed by atoms with Gasteiger partial charge >= 0.3 is 5.97 Å². The highest BCUT2D eigenvalue weighted by Crippen LogP contribution is 2.25. The van der Waals surface area contributed by atoms with Crippen LogP contribution in [0, 0.1) is 11.3 Å². The van der Waals surface area contributed by atoms with Gasteiger partial charge in [0.2, 0.25) is 5.91 Å². The van der Waals surface area contributed by atoms with E-state index in [9.17, 15) is 14.4 Å². The van der Waals surface area contributed by atoms with E-state index in [-0.39, 0.29) is 24.8 Å². The van der Waals surface area contributed by atoms with Crippen LogP contribution in [0.15, 0.2) is 0 Å². The van der Waals surface area contributed by atoms with E-state index >= 15 is 0 Å². The predicted molar refractivity (Wildman–Crippen MR) is 75.0 cm³/mol. The van der Waals surface area contributed by atoms with Crippen LogP contribution < -0.4 is 0 Å². The highest BCUT2D eigenvalue weighted by Gasteiger charge is 2.40. The van der Waals surface area contributed by atoms with E-state index in [0.717, 1.165) is 12.8 Å². The van der Waals surface area contributed by atoms with Gasteiger partial charge in [0.05, 0.1) is 13.2 Å². The Kier molecular flexibility index (Phi) is 5.72. The van der Waals surface area contributed by atoms with Crippen molar-refractivity contribution in [3.05, 3.63) is 0 Å². The summed E-state index contributed by atoms with van der Waals surface area (Å²) in [7, 11) is 0. The van der Waals surface area contributed by atoms with E-state index in [0.29, 0.717) is 18.9 Å². The molecule has 1 saturated heterocycles. The molecule has 0 aromatic heterocycles. The van der Waals surface area contributed by atoms with Gasteiger partial charge in [-0.25, -0.2) is 0 Å². The zero-order chi connectivity index (χ0) is 15.3. The second-order valence-corrected chi connectivity index (χ2v) is 5.90. The monoisotopic (exact) mass is 283 g/mol. The molecule has 1 aliphatic heterocycles. The third-order valence-electron chi connectivity index (χ3n) is 3.81. The number of ketones is 1. The van der Waals surface area contributed by atoms with Gasteiger partial charge in [-0.15, -0.1) is 0 Å². The number of esters is 1. The molecule has 0 aromatic rings. The molecule has 20 heavy (non-hydrogen) atoms. The molecular weight excluding hydrogens is 258 g/mol. The van der Waals surface area contributed by atoms with Gasteiger partial charge in [0.1, 0.15) is 5.41 Å². The summed E-state index contributed by atoms with van der Waals surface area (Å²) in [6.07, 6.45) is 2.55. The second-order valence-electron chi connectivity index (χ2n) is 5.90. The van der Waals surface area contributed by atoms with Crippen molar-refractivity contribution in [3.63, 3.8) is 0 Å². The Morgan fingerprint density at radius 1 is 1.35 bits per heavy atom. The SMILES string of the molecule is CCCC1CC(=O)N(CC(=O)C(C)(C)C(=O)OCC)C1. The van der Waals surface area contributed by atoms with Crippen LogP contribution in [0.1, 0.15) is 47.0 Å². The standard InChI is InChI=1S/C15H25NO4/c1-5-7-11-8-13(18)16(9-11)10-12(17)15(3,4)14(19)20-6-2/h11H,5-10H2,1-4H3. The average Bonchev–Trinajstić information content (AvgIpc) is 2.70. The lowest BCUT2D eigenvalue weighted by Gasteiger charge is -2.24. The fourth-order valence-electron chi connectivity index (χ4n) is 2.40. The summed E-state index contributed by atoms with van der Waals surface area (Å²) < 4.78 is 4.92. The van der Waals surface area contributed by atoms with Crippen LogP contribution in [0.4, 0.5) is 0 Å². The Balaban J connectivity index is 2.62. The van der Waals surface area contributed by atoms with Crippen LogP contribution in [0.25, 0.3) is 0 Å². The van der Waals surface area contributed by atoms with Gasteiger partial charge in [-0.05, 0) is 33.1 Å². The van der Waals surface area contributed by atoms with E-state index in [4.69, 9.17) is 4.74 Å². The Bertz CT molecular complexity index is 389. The van der Waals surface area contributed by atoms with Crippen molar-refractivity contribution in [2.45, 2.75) is 47.0 Å². The van der Waals surface area contributed by atoms with Crippen molar-refractivity contribution in [3.8, 4) is 0 Å².